The zero-order chi connectivity index (χ0) is 19.3. The molecule has 1 aromatic carbocycles. The lowest BCUT2D eigenvalue weighted by Gasteiger charge is -2.19. The van der Waals surface area contributed by atoms with Gasteiger partial charge in [0.2, 0.25) is 5.91 Å². The summed E-state index contributed by atoms with van der Waals surface area (Å²) in [6.45, 7) is 10.3. The molecule has 1 unspecified atom stereocenters. The number of rotatable bonds is 7. The fraction of sp³-hybridized carbons (Fsp3) is 0.429. The van der Waals surface area contributed by atoms with Gasteiger partial charge in [-0.3, -0.25) is 9.59 Å². The van der Waals surface area contributed by atoms with Gasteiger partial charge >= 0.3 is 0 Å². The molecule has 0 aliphatic heterocycles. The van der Waals surface area contributed by atoms with Gasteiger partial charge in [-0.25, -0.2) is 0 Å². The Labute approximate surface area is 155 Å². The predicted molar refractivity (Wildman–Crippen MR) is 104 cm³/mol. The minimum atomic E-state index is -0.137. The van der Waals surface area contributed by atoms with E-state index in [1.165, 1.54) is 5.56 Å². The molecule has 0 bridgehead atoms. The average Bonchev–Trinajstić information content (AvgIpc) is 2.89. The lowest BCUT2D eigenvalue weighted by molar-refractivity contribution is -0.121. The first-order valence-corrected chi connectivity index (χ1v) is 9.12. The van der Waals surface area contributed by atoms with Crippen molar-refractivity contribution in [3.05, 3.63) is 58.9 Å². The number of nitrogens with one attached hydrogen (secondary N) is 2. The summed E-state index contributed by atoms with van der Waals surface area (Å²) in [6.07, 6.45) is 0.281. The molecule has 2 aromatic rings. The Hall–Kier alpha value is -2.56. The molecule has 0 radical (unpaired) electrons. The number of benzene rings is 1. The fourth-order valence-corrected chi connectivity index (χ4v) is 3.26. The summed E-state index contributed by atoms with van der Waals surface area (Å²) in [5.74, 6) is -0.189. The van der Waals surface area contributed by atoms with Gasteiger partial charge in [0.05, 0.1) is 11.6 Å². The molecule has 26 heavy (non-hydrogen) atoms. The Morgan fingerprint density at radius 2 is 1.73 bits per heavy atom. The average molecular weight is 355 g/mol. The van der Waals surface area contributed by atoms with Crippen LogP contribution in [0.25, 0.3) is 0 Å². The fourth-order valence-electron chi connectivity index (χ4n) is 3.26. The highest BCUT2D eigenvalue weighted by molar-refractivity contribution is 5.96. The molecule has 2 amide bonds. The van der Waals surface area contributed by atoms with Gasteiger partial charge in [0, 0.05) is 30.4 Å². The number of carbonyl (C=O) groups excluding carboxylic acids is 2. The molecule has 0 saturated heterocycles. The lowest BCUT2D eigenvalue weighted by atomic mass is 10.1. The topological polar surface area (TPSA) is 63.1 Å². The normalized spacial score (nSPS) is 12.1. The van der Waals surface area contributed by atoms with E-state index in [2.05, 4.69) is 34.3 Å². The molecule has 2 rings (SSSR count). The number of hydrogen-bond donors (Lipinski definition) is 2. The van der Waals surface area contributed by atoms with Crippen LogP contribution in [0.3, 0.4) is 0 Å². The molecule has 0 fully saturated rings. The molecule has 0 saturated carbocycles. The standard InChI is InChI=1S/C21H29N3O2/c1-14(2)23-20(25)11-12-22-21(26)19-13-15(3)24(17(19)5)16(4)18-9-7-6-8-10-18/h6-10,13-14,16H,11-12H2,1-5H3,(H,22,26)(H,23,25). The second kappa shape index (κ2) is 8.70. The van der Waals surface area contributed by atoms with Crippen LogP contribution in [0, 0.1) is 13.8 Å². The Balaban J connectivity index is 2.07. The first-order valence-electron chi connectivity index (χ1n) is 9.12. The van der Waals surface area contributed by atoms with Crippen molar-refractivity contribution in [3.8, 4) is 0 Å². The van der Waals surface area contributed by atoms with Crippen LogP contribution in [-0.2, 0) is 4.79 Å². The van der Waals surface area contributed by atoms with Crippen LogP contribution in [0.4, 0.5) is 0 Å². The molecule has 1 aromatic heterocycles. The Morgan fingerprint density at radius 1 is 1.08 bits per heavy atom. The molecule has 5 heteroatoms. The Kier molecular flexibility index (Phi) is 6.61. The van der Waals surface area contributed by atoms with Crippen molar-refractivity contribution in [2.24, 2.45) is 0 Å². The third-order valence-electron chi connectivity index (χ3n) is 4.49. The molecular weight excluding hydrogens is 326 g/mol. The number of aromatic nitrogens is 1. The first-order chi connectivity index (χ1) is 12.3. The van der Waals surface area contributed by atoms with Crippen molar-refractivity contribution >= 4 is 11.8 Å². The van der Waals surface area contributed by atoms with Crippen LogP contribution >= 0.6 is 0 Å². The summed E-state index contributed by atoms with van der Waals surface area (Å²) >= 11 is 0. The molecule has 0 aliphatic rings. The van der Waals surface area contributed by atoms with Gasteiger partial charge in [0.25, 0.3) is 5.91 Å². The summed E-state index contributed by atoms with van der Waals surface area (Å²) < 4.78 is 2.18. The maximum absolute atomic E-state index is 12.5. The SMILES string of the molecule is Cc1cc(C(=O)NCCC(=O)NC(C)C)c(C)n1C(C)c1ccccc1. The minimum Gasteiger partial charge on any atom is -0.354 e. The predicted octanol–water partition coefficient (Wildman–Crippen LogP) is 3.36. The number of nitrogens with zero attached hydrogens (tertiary/aromatic N) is 1. The molecule has 1 heterocycles. The largest absolute Gasteiger partial charge is 0.354 e. The quantitative estimate of drug-likeness (QED) is 0.800. The summed E-state index contributed by atoms with van der Waals surface area (Å²) in [5, 5.41) is 5.67. The third-order valence-corrected chi connectivity index (χ3v) is 4.49. The zero-order valence-electron chi connectivity index (χ0n) is 16.3. The molecular formula is C21H29N3O2. The number of amides is 2. The van der Waals surface area contributed by atoms with Crippen LogP contribution in [0.5, 0.6) is 0 Å². The van der Waals surface area contributed by atoms with Crippen LogP contribution in [0.1, 0.15) is 60.5 Å². The van der Waals surface area contributed by atoms with E-state index in [4.69, 9.17) is 0 Å². The smallest absolute Gasteiger partial charge is 0.253 e. The molecule has 0 aliphatic carbocycles. The van der Waals surface area contributed by atoms with Gasteiger partial charge in [-0.1, -0.05) is 30.3 Å². The summed E-state index contributed by atoms with van der Waals surface area (Å²) in [7, 11) is 0. The maximum atomic E-state index is 12.5. The van der Waals surface area contributed by atoms with Crippen molar-refractivity contribution in [2.45, 2.75) is 53.1 Å². The second-order valence-electron chi connectivity index (χ2n) is 6.97. The van der Waals surface area contributed by atoms with E-state index in [9.17, 15) is 9.59 Å². The third kappa shape index (κ3) is 4.75. The zero-order valence-corrected chi connectivity index (χ0v) is 16.3. The highest BCUT2D eigenvalue weighted by atomic mass is 16.2. The number of hydrogen-bond acceptors (Lipinski definition) is 2. The summed E-state index contributed by atoms with van der Waals surface area (Å²) in [5.41, 5.74) is 3.84. The van der Waals surface area contributed by atoms with Gasteiger partial charge in [0.15, 0.2) is 0 Å². The second-order valence-corrected chi connectivity index (χ2v) is 6.97. The Bertz CT molecular complexity index is 763. The molecule has 2 N–H and O–H groups in total. The van der Waals surface area contributed by atoms with Crippen LogP contribution in [0.15, 0.2) is 36.4 Å². The summed E-state index contributed by atoms with van der Waals surface area (Å²) in [6, 6.07) is 12.4. The Morgan fingerprint density at radius 3 is 2.35 bits per heavy atom. The van der Waals surface area contributed by atoms with Crippen LogP contribution in [-0.4, -0.2) is 29.0 Å². The van der Waals surface area contributed by atoms with E-state index in [1.54, 1.807) is 0 Å². The van der Waals surface area contributed by atoms with Gasteiger partial charge in [0.1, 0.15) is 0 Å². The first kappa shape index (κ1) is 19.8. The highest BCUT2D eigenvalue weighted by Crippen LogP contribution is 2.25. The van der Waals surface area contributed by atoms with E-state index in [0.29, 0.717) is 12.1 Å². The molecule has 1 atom stereocenters. The van der Waals surface area contributed by atoms with Crippen molar-refractivity contribution in [1.29, 1.82) is 0 Å². The van der Waals surface area contributed by atoms with Gasteiger partial charge < -0.3 is 15.2 Å². The minimum absolute atomic E-state index is 0.0523. The molecule has 5 nitrogen and oxygen atoms in total. The van der Waals surface area contributed by atoms with E-state index in [-0.39, 0.29) is 30.3 Å². The van der Waals surface area contributed by atoms with Crippen LogP contribution in [0.2, 0.25) is 0 Å². The highest BCUT2D eigenvalue weighted by Gasteiger charge is 2.19. The van der Waals surface area contributed by atoms with Crippen molar-refractivity contribution in [1.82, 2.24) is 15.2 Å². The van der Waals surface area contributed by atoms with E-state index >= 15 is 0 Å². The number of aryl methyl sites for hydroxylation is 1. The van der Waals surface area contributed by atoms with Gasteiger partial charge in [-0.2, -0.15) is 0 Å². The van der Waals surface area contributed by atoms with E-state index in [1.807, 2.05) is 52.0 Å². The van der Waals surface area contributed by atoms with Crippen molar-refractivity contribution in [3.63, 3.8) is 0 Å². The van der Waals surface area contributed by atoms with Gasteiger partial charge in [-0.15, -0.1) is 0 Å². The van der Waals surface area contributed by atoms with Crippen LogP contribution < -0.4 is 10.6 Å². The maximum Gasteiger partial charge on any atom is 0.253 e. The van der Waals surface area contributed by atoms with Gasteiger partial charge in [-0.05, 0) is 46.2 Å². The van der Waals surface area contributed by atoms with E-state index < -0.39 is 0 Å². The molecule has 140 valence electrons. The monoisotopic (exact) mass is 355 g/mol. The summed E-state index contributed by atoms with van der Waals surface area (Å²) in [4.78, 5) is 24.2. The number of carbonyl (C=O) groups is 2. The van der Waals surface area contributed by atoms with Crippen molar-refractivity contribution < 1.29 is 9.59 Å². The van der Waals surface area contributed by atoms with Crippen molar-refractivity contribution in [2.75, 3.05) is 6.54 Å². The van der Waals surface area contributed by atoms with E-state index in [0.717, 1.165) is 11.4 Å². The lowest BCUT2D eigenvalue weighted by Crippen LogP contribution is -2.34. The molecule has 0 spiro atoms.